The van der Waals surface area contributed by atoms with E-state index in [1.807, 2.05) is 26.0 Å². The number of benzene rings is 1. The van der Waals surface area contributed by atoms with E-state index in [1.165, 1.54) is 0 Å². The van der Waals surface area contributed by atoms with Gasteiger partial charge in [0, 0.05) is 30.1 Å². The van der Waals surface area contributed by atoms with Crippen LogP contribution in [0.1, 0.15) is 59.3 Å². The molecule has 1 amide bonds. The summed E-state index contributed by atoms with van der Waals surface area (Å²) in [5.41, 5.74) is 3.87. The number of hydrogen-bond acceptors (Lipinski definition) is 3. The first-order valence-corrected chi connectivity index (χ1v) is 9.23. The topological polar surface area (TPSA) is 70.5 Å². The highest BCUT2D eigenvalue weighted by atomic mass is 16.4. The molecule has 4 rings (SSSR count). The Kier molecular flexibility index (Phi) is 3.79. The Labute approximate surface area is 153 Å². The fourth-order valence-electron chi connectivity index (χ4n) is 3.95. The van der Waals surface area contributed by atoms with Crippen LogP contribution in [-0.4, -0.2) is 40.0 Å². The highest BCUT2D eigenvalue weighted by Gasteiger charge is 2.42. The van der Waals surface area contributed by atoms with E-state index in [9.17, 15) is 14.7 Å². The van der Waals surface area contributed by atoms with Gasteiger partial charge in [0.15, 0.2) is 0 Å². The minimum absolute atomic E-state index is 0.0747. The summed E-state index contributed by atoms with van der Waals surface area (Å²) >= 11 is 0. The van der Waals surface area contributed by atoms with Crippen molar-refractivity contribution >= 4 is 22.8 Å². The van der Waals surface area contributed by atoms with Crippen LogP contribution in [0.3, 0.4) is 0 Å². The monoisotopic (exact) mass is 352 g/mol. The number of aryl methyl sites for hydroxylation is 2. The first kappa shape index (κ1) is 17.0. The average molecular weight is 352 g/mol. The van der Waals surface area contributed by atoms with Gasteiger partial charge in [-0.3, -0.25) is 14.6 Å². The van der Waals surface area contributed by atoms with Crippen molar-refractivity contribution in [2.45, 2.75) is 46.0 Å². The smallest absolute Gasteiger partial charge is 0.311 e. The van der Waals surface area contributed by atoms with Crippen LogP contribution in [0.4, 0.5) is 0 Å². The molecule has 0 radical (unpaired) electrons. The highest BCUT2D eigenvalue weighted by molar-refractivity contribution is 6.07. The Morgan fingerprint density at radius 2 is 1.96 bits per heavy atom. The molecule has 1 saturated heterocycles. The normalized spacial score (nSPS) is 22.8. The van der Waals surface area contributed by atoms with Crippen molar-refractivity contribution < 1.29 is 14.7 Å². The van der Waals surface area contributed by atoms with Crippen molar-refractivity contribution in [2.75, 3.05) is 13.1 Å². The van der Waals surface area contributed by atoms with Gasteiger partial charge in [0.2, 0.25) is 0 Å². The summed E-state index contributed by atoms with van der Waals surface area (Å²) in [6, 6.07) is 6.06. The van der Waals surface area contributed by atoms with E-state index >= 15 is 0 Å². The zero-order chi connectivity index (χ0) is 18.6. The highest BCUT2D eigenvalue weighted by Crippen LogP contribution is 2.41. The first-order chi connectivity index (χ1) is 12.3. The third-order valence-electron chi connectivity index (χ3n) is 5.77. The van der Waals surface area contributed by atoms with E-state index in [4.69, 9.17) is 4.98 Å². The SMILES string of the molecule is Cc1cc(C)c2nc(C3CC3)cc(C(=O)N3CCC(C)(C(=O)O)C3)c2c1. The lowest BCUT2D eigenvalue weighted by molar-refractivity contribution is -0.147. The van der Waals surface area contributed by atoms with Crippen molar-refractivity contribution in [1.82, 2.24) is 9.88 Å². The number of carbonyl (C=O) groups excluding carboxylic acids is 1. The summed E-state index contributed by atoms with van der Waals surface area (Å²) in [6.45, 7) is 6.51. The van der Waals surface area contributed by atoms with Gasteiger partial charge < -0.3 is 10.0 Å². The fraction of sp³-hybridized carbons (Fsp3) is 0.476. The second-order valence-electron chi connectivity index (χ2n) is 8.19. The van der Waals surface area contributed by atoms with Crippen molar-refractivity contribution in [2.24, 2.45) is 5.41 Å². The van der Waals surface area contributed by atoms with Crippen molar-refractivity contribution in [1.29, 1.82) is 0 Å². The zero-order valence-electron chi connectivity index (χ0n) is 15.5. The third-order valence-corrected chi connectivity index (χ3v) is 5.77. The van der Waals surface area contributed by atoms with E-state index in [-0.39, 0.29) is 12.5 Å². The number of nitrogens with zero attached hydrogens (tertiary/aromatic N) is 2. The standard InChI is InChI=1S/C21H24N2O3/c1-12-8-13(2)18-15(9-12)16(10-17(22-18)14-4-5-14)19(24)23-7-6-21(3,11-23)20(25)26/h8-10,14H,4-7,11H2,1-3H3,(H,25,26). The lowest BCUT2D eigenvalue weighted by atomic mass is 9.90. The molecule has 2 fully saturated rings. The fourth-order valence-corrected chi connectivity index (χ4v) is 3.95. The number of rotatable bonds is 3. The molecule has 0 spiro atoms. The number of amides is 1. The van der Waals surface area contributed by atoms with Crippen LogP contribution >= 0.6 is 0 Å². The average Bonchev–Trinajstić information content (AvgIpc) is 3.35. The van der Waals surface area contributed by atoms with Gasteiger partial charge in [-0.05, 0) is 57.7 Å². The molecule has 5 nitrogen and oxygen atoms in total. The van der Waals surface area contributed by atoms with Crippen molar-refractivity contribution in [3.63, 3.8) is 0 Å². The number of fused-ring (bicyclic) bond motifs is 1. The number of carboxylic acid groups (broad SMARTS) is 1. The van der Waals surface area contributed by atoms with Crippen LogP contribution in [0.5, 0.6) is 0 Å². The lowest BCUT2D eigenvalue weighted by Crippen LogP contribution is -2.35. The number of carboxylic acids is 1. The Bertz CT molecular complexity index is 932. The third kappa shape index (κ3) is 2.75. The Morgan fingerprint density at radius 1 is 1.23 bits per heavy atom. The summed E-state index contributed by atoms with van der Waals surface area (Å²) in [5.74, 6) is -0.457. The second kappa shape index (κ2) is 5.79. The van der Waals surface area contributed by atoms with Gasteiger partial charge in [-0.2, -0.15) is 0 Å². The summed E-state index contributed by atoms with van der Waals surface area (Å²) < 4.78 is 0. The summed E-state index contributed by atoms with van der Waals surface area (Å²) in [6.07, 6.45) is 2.74. The number of carbonyl (C=O) groups is 2. The number of aromatic nitrogens is 1. The molecule has 1 saturated carbocycles. The van der Waals surface area contributed by atoms with Gasteiger partial charge in [-0.1, -0.05) is 11.6 Å². The number of likely N-dealkylation sites (tertiary alicyclic amines) is 1. The molecule has 136 valence electrons. The van der Waals surface area contributed by atoms with Gasteiger partial charge in [0.05, 0.1) is 16.5 Å². The molecule has 2 heterocycles. The van der Waals surface area contributed by atoms with E-state index in [2.05, 4.69) is 6.07 Å². The molecule has 1 N–H and O–H groups in total. The van der Waals surface area contributed by atoms with Crippen LogP contribution in [-0.2, 0) is 4.79 Å². The molecule has 0 bridgehead atoms. The van der Waals surface area contributed by atoms with Crippen LogP contribution in [0.25, 0.3) is 10.9 Å². The Hall–Kier alpha value is -2.43. The number of aliphatic carboxylic acids is 1. The van der Waals surface area contributed by atoms with E-state index in [1.54, 1.807) is 11.8 Å². The largest absolute Gasteiger partial charge is 0.481 e. The molecule has 2 aliphatic rings. The summed E-state index contributed by atoms with van der Waals surface area (Å²) in [4.78, 5) is 31.4. The summed E-state index contributed by atoms with van der Waals surface area (Å²) in [7, 11) is 0. The van der Waals surface area contributed by atoms with Gasteiger partial charge in [-0.25, -0.2) is 0 Å². The van der Waals surface area contributed by atoms with Crippen LogP contribution in [0, 0.1) is 19.3 Å². The van der Waals surface area contributed by atoms with Crippen molar-refractivity contribution in [3.05, 3.63) is 40.6 Å². The summed E-state index contributed by atoms with van der Waals surface area (Å²) in [5, 5.41) is 10.3. The maximum atomic E-state index is 13.3. The van der Waals surface area contributed by atoms with E-state index in [0.29, 0.717) is 24.4 Å². The Balaban J connectivity index is 1.80. The van der Waals surface area contributed by atoms with Crippen LogP contribution in [0.2, 0.25) is 0 Å². The zero-order valence-corrected chi connectivity index (χ0v) is 15.5. The maximum absolute atomic E-state index is 13.3. The predicted octanol–water partition coefficient (Wildman–Crippen LogP) is 3.67. The molecule has 1 aromatic carbocycles. The predicted molar refractivity (Wildman–Crippen MR) is 99.5 cm³/mol. The quantitative estimate of drug-likeness (QED) is 0.915. The lowest BCUT2D eigenvalue weighted by Gasteiger charge is -2.21. The second-order valence-corrected chi connectivity index (χ2v) is 8.19. The molecule has 26 heavy (non-hydrogen) atoms. The first-order valence-electron chi connectivity index (χ1n) is 9.23. The minimum Gasteiger partial charge on any atom is -0.481 e. The van der Waals surface area contributed by atoms with E-state index < -0.39 is 11.4 Å². The van der Waals surface area contributed by atoms with Crippen LogP contribution < -0.4 is 0 Å². The van der Waals surface area contributed by atoms with Gasteiger partial charge in [0.1, 0.15) is 0 Å². The molecule has 5 heteroatoms. The maximum Gasteiger partial charge on any atom is 0.311 e. The minimum atomic E-state index is -0.857. The van der Waals surface area contributed by atoms with E-state index in [0.717, 1.165) is 40.6 Å². The molecular formula is C21H24N2O3. The molecule has 1 aliphatic heterocycles. The molecule has 1 aromatic heterocycles. The van der Waals surface area contributed by atoms with Crippen LogP contribution in [0.15, 0.2) is 18.2 Å². The number of pyridine rings is 1. The Morgan fingerprint density at radius 3 is 2.58 bits per heavy atom. The van der Waals surface area contributed by atoms with Gasteiger partial charge in [-0.15, -0.1) is 0 Å². The number of hydrogen-bond donors (Lipinski definition) is 1. The molecule has 2 aromatic rings. The molecule has 1 atom stereocenters. The molecule has 1 aliphatic carbocycles. The van der Waals surface area contributed by atoms with Gasteiger partial charge in [0.25, 0.3) is 5.91 Å². The van der Waals surface area contributed by atoms with Crippen molar-refractivity contribution in [3.8, 4) is 0 Å². The molecule has 1 unspecified atom stereocenters. The molecular weight excluding hydrogens is 328 g/mol. The van der Waals surface area contributed by atoms with Gasteiger partial charge >= 0.3 is 5.97 Å².